The molecular formula is C38H38MgN4O4. The standard InChI is InChI=1S/2C19H20N2O2.Mg/c2*1-2-3-14-17-18(22)20(15-10-6-4-7-11-15)21(19(17)23)16-12-8-5-9-13-16;/h2*4-13,22H,2-3,14H2,1H3;/q;;+2/p-2. The van der Waals surface area contributed by atoms with Crippen LogP contribution in [0.3, 0.4) is 0 Å². The normalized spacial score (nSPS) is 10.6. The van der Waals surface area contributed by atoms with Gasteiger partial charge in [0, 0.05) is 11.1 Å². The predicted octanol–water partition coefficient (Wildman–Crippen LogP) is 5.71. The summed E-state index contributed by atoms with van der Waals surface area (Å²) in [5, 5.41) is 25.7. The van der Waals surface area contributed by atoms with Gasteiger partial charge in [-0.15, -0.1) is 0 Å². The van der Waals surface area contributed by atoms with Crippen molar-refractivity contribution >= 4 is 23.1 Å². The number of para-hydroxylation sites is 4. The van der Waals surface area contributed by atoms with Crippen molar-refractivity contribution in [3.05, 3.63) is 153 Å². The minimum Gasteiger partial charge on any atom is -0.858 e. The van der Waals surface area contributed by atoms with Crippen LogP contribution in [-0.2, 0) is 12.8 Å². The number of benzene rings is 4. The average molecular weight is 639 g/mol. The molecule has 9 heteroatoms. The van der Waals surface area contributed by atoms with Crippen molar-refractivity contribution in [1.82, 2.24) is 18.7 Å². The first-order chi connectivity index (χ1) is 22.5. The molecule has 2 heterocycles. The van der Waals surface area contributed by atoms with E-state index in [-0.39, 0.29) is 45.9 Å². The molecule has 0 radical (unpaired) electrons. The molecule has 0 fully saturated rings. The maximum Gasteiger partial charge on any atom is 2.00 e. The average Bonchev–Trinajstić information content (AvgIpc) is 3.51. The van der Waals surface area contributed by atoms with Crippen LogP contribution < -0.4 is 21.3 Å². The van der Waals surface area contributed by atoms with Gasteiger partial charge in [0.1, 0.15) is 0 Å². The zero-order valence-electron chi connectivity index (χ0n) is 26.9. The maximum absolute atomic E-state index is 12.8. The second-order valence-electron chi connectivity index (χ2n) is 11.0. The Morgan fingerprint density at radius 3 is 0.957 bits per heavy atom. The molecule has 4 aromatic carbocycles. The van der Waals surface area contributed by atoms with Gasteiger partial charge >= 0.3 is 23.1 Å². The fourth-order valence-electron chi connectivity index (χ4n) is 5.40. The van der Waals surface area contributed by atoms with Crippen molar-refractivity contribution in [2.45, 2.75) is 52.4 Å². The third-order valence-corrected chi connectivity index (χ3v) is 7.77. The summed E-state index contributed by atoms with van der Waals surface area (Å²) >= 11 is 0. The third kappa shape index (κ3) is 7.64. The van der Waals surface area contributed by atoms with Gasteiger partial charge in [-0.1, -0.05) is 99.5 Å². The Bertz CT molecular complexity index is 1820. The molecule has 0 spiro atoms. The van der Waals surface area contributed by atoms with Crippen LogP contribution in [0, 0.1) is 0 Å². The second-order valence-corrected chi connectivity index (χ2v) is 11.0. The molecule has 0 N–H and O–H groups in total. The summed E-state index contributed by atoms with van der Waals surface area (Å²) in [6.07, 6.45) is 4.58. The summed E-state index contributed by atoms with van der Waals surface area (Å²) in [6.45, 7) is 4.10. The third-order valence-electron chi connectivity index (χ3n) is 7.77. The van der Waals surface area contributed by atoms with Crippen LogP contribution >= 0.6 is 0 Å². The molecule has 47 heavy (non-hydrogen) atoms. The van der Waals surface area contributed by atoms with Gasteiger partial charge in [-0.25, -0.2) is 9.36 Å². The van der Waals surface area contributed by atoms with Crippen LogP contribution in [0.25, 0.3) is 22.7 Å². The molecule has 0 saturated heterocycles. The van der Waals surface area contributed by atoms with E-state index >= 15 is 0 Å². The molecule has 0 atom stereocenters. The van der Waals surface area contributed by atoms with Crippen LogP contribution in [0.5, 0.6) is 11.8 Å². The Morgan fingerprint density at radius 1 is 0.447 bits per heavy atom. The van der Waals surface area contributed by atoms with Crippen molar-refractivity contribution in [2.24, 2.45) is 0 Å². The van der Waals surface area contributed by atoms with E-state index in [1.165, 1.54) is 18.7 Å². The maximum atomic E-state index is 12.8. The topological polar surface area (TPSA) is 100.0 Å². The molecule has 236 valence electrons. The fraction of sp³-hybridized carbons (Fsp3) is 0.211. The Balaban J connectivity index is 0.000000208. The SMILES string of the molecule is CCCCc1c([O-])n(-c2ccccc2)n(-c2ccccc2)c1=O.CCCCc1c([O-])n(-c2ccccc2)n(-c2ccccc2)c1=O.[Mg+2]. The summed E-state index contributed by atoms with van der Waals surface area (Å²) in [5.74, 6) is -0.447. The molecule has 6 rings (SSSR count). The molecule has 0 amide bonds. The summed E-state index contributed by atoms with van der Waals surface area (Å²) in [7, 11) is 0. The Hall–Kier alpha value is -4.73. The predicted molar refractivity (Wildman–Crippen MR) is 185 cm³/mol. The number of rotatable bonds is 10. The smallest absolute Gasteiger partial charge is 0.858 e. The molecular weight excluding hydrogens is 601 g/mol. The molecule has 0 aliphatic heterocycles. The quantitative estimate of drug-likeness (QED) is 0.180. The summed E-state index contributed by atoms with van der Waals surface area (Å²) in [5.41, 5.74) is 3.06. The van der Waals surface area contributed by atoms with Crippen molar-refractivity contribution in [3.63, 3.8) is 0 Å². The van der Waals surface area contributed by atoms with Crippen molar-refractivity contribution in [2.75, 3.05) is 0 Å². The molecule has 0 unspecified atom stereocenters. The zero-order chi connectivity index (χ0) is 32.5. The molecule has 0 aliphatic rings. The first kappa shape index (κ1) is 35.1. The minimum atomic E-state index is -0.224. The number of aromatic nitrogens is 4. The summed E-state index contributed by atoms with van der Waals surface area (Å²) < 4.78 is 5.90. The van der Waals surface area contributed by atoms with Crippen LogP contribution in [0.4, 0.5) is 0 Å². The van der Waals surface area contributed by atoms with E-state index in [1.54, 1.807) is 0 Å². The first-order valence-electron chi connectivity index (χ1n) is 15.8. The van der Waals surface area contributed by atoms with Crippen LogP contribution in [0.2, 0.25) is 0 Å². The van der Waals surface area contributed by atoms with E-state index < -0.39 is 0 Å². The van der Waals surface area contributed by atoms with Gasteiger partial charge in [-0.2, -0.15) is 0 Å². The van der Waals surface area contributed by atoms with Crippen molar-refractivity contribution < 1.29 is 10.2 Å². The molecule has 8 nitrogen and oxygen atoms in total. The number of hydrogen-bond acceptors (Lipinski definition) is 4. The number of nitrogens with zero attached hydrogens (tertiary/aromatic N) is 4. The Kier molecular flexibility index (Phi) is 12.5. The van der Waals surface area contributed by atoms with E-state index in [2.05, 4.69) is 0 Å². The molecule has 0 saturated carbocycles. The monoisotopic (exact) mass is 638 g/mol. The Labute approximate surface area is 290 Å². The van der Waals surface area contributed by atoms with E-state index in [4.69, 9.17) is 0 Å². The van der Waals surface area contributed by atoms with Crippen LogP contribution in [-0.4, -0.2) is 41.8 Å². The van der Waals surface area contributed by atoms with Crippen LogP contribution in [0.1, 0.15) is 50.7 Å². The van der Waals surface area contributed by atoms with E-state index in [1.807, 2.05) is 135 Å². The minimum absolute atomic E-state index is 0. The fourth-order valence-corrected chi connectivity index (χ4v) is 5.40. The zero-order valence-corrected chi connectivity index (χ0v) is 28.3. The van der Waals surface area contributed by atoms with Gasteiger partial charge in [-0.3, -0.25) is 19.0 Å². The summed E-state index contributed by atoms with van der Waals surface area (Å²) in [6, 6.07) is 37.1. The van der Waals surface area contributed by atoms with E-state index in [9.17, 15) is 19.8 Å². The van der Waals surface area contributed by atoms with Gasteiger partial charge in [0.25, 0.3) is 11.1 Å². The van der Waals surface area contributed by atoms with Gasteiger partial charge in [-0.05, 0) is 86.0 Å². The molecule has 6 aromatic rings. The van der Waals surface area contributed by atoms with Crippen molar-refractivity contribution in [3.8, 4) is 34.5 Å². The second kappa shape index (κ2) is 16.7. The van der Waals surface area contributed by atoms with E-state index in [0.29, 0.717) is 46.7 Å². The van der Waals surface area contributed by atoms with Gasteiger partial charge in [0.15, 0.2) is 0 Å². The van der Waals surface area contributed by atoms with Crippen LogP contribution in [0.15, 0.2) is 131 Å². The summed E-state index contributed by atoms with van der Waals surface area (Å²) in [4.78, 5) is 25.7. The van der Waals surface area contributed by atoms with E-state index in [0.717, 1.165) is 25.7 Å². The number of unbranched alkanes of at least 4 members (excludes halogenated alkanes) is 2. The van der Waals surface area contributed by atoms with Gasteiger partial charge in [0.05, 0.1) is 22.7 Å². The van der Waals surface area contributed by atoms with Crippen molar-refractivity contribution in [1.29, 1.82) is 0 Å². The van der Waals surface area contributed by atoms with Gasteiger partial charge < -0.3 is 10.2 Å². The Morgan fingerprint density at radius 2 is 0.702 bits per heavy atom. The number of hydrogen-bond donors (Lipinski definition) is 0. The molecule has 0 bridgehead atoms. The van der Waals surface area contributed by atoms with Gasteiger partial charge in [0.2, 0.25) is 0 Å². The first-order valence-corrected chi connectivity index (χ1v) is 15.8. The largest absolute Gasteiger partial charge is 2.00 e. The molecule has 2 aromatic heterocycles. The molecule has 0 aliphatic carbocycles.